The Labute approximate surface area is 110 Å². The van der Waals surface area contributed by atoms with E-state index in [2.05, 4.69) is 22.4 Å². The Morgan fingerprint density at radius 2 is 1.95 bits per heavy atom. The third kappa shape index (κ3) is 6.11. The molecule has 1 aromatic rings. The molecule has 0 aliphatic carbocycles. The van der Waals surface area contributed by atoms with Gasteiger partial charge < -0.3 is 5.32 Å². The van der Waals surface area contributed by atoms with Gasteiger partial charge in [-0.05, 0) is 17.7 Å². The number of carbonyl (C=O) groups excluding carboxylic acids is 2. The molecule has 0 radical (unpaired) electrons. The zero-order chi connectivity index (χ0) is 14.1. The highest BCUT2D eigenvalue weighted by atomic mass is 19.1. The lowest BCUT2D eigenvalue weighted by Gasteiger charge is -2.00. The van der Waals surface area contributed by atoms with E-state index >= 15 is 0 Å². The van der Waals surface area contributed by atoms with E-state index in [1.807, 2.05) is 0 Å². The van der Waals surface area contributed by atoms with Gasteiger partial charge in [0.2, 0.25) is 11.8 Å². The van der Waals surface area contributed by atoms with Gasteiger partial charge in [0.15, 0.2) is 0 Å². The molecule has 1 aromatic carbocycles. The largest absolute Gasteiger partial charge is 0.352 e. The predicted octanol–water partition coefficient (Wildman–Crippen LogP) is 0.968. The van der Waals surface area contributed by atoms with Crippen LogP contribution < -0.4 is 10.7 Å². The van der Waals surface area contributed by atoms with Crippen molar-refractivity contribution in [1.82, 2.24) is 10.7 Å². The molecule has 0 aromatic heterocycles. The molecule has 0 unspecified atom stereocenters. The lowest BCUT2D eigenvalue weighted by molar-refractivity contribution is -0.129. The summed E-state index contributed by atoms with van der Waals surface area (Å²) in [6.45, 7) is 3.75. The van der Waals surface area contributed by atoms with Gasteiger partial charge in [-0.15, -0.1) is 6.58 Å². The summed E-state index contributed by atoms with van der Waals surface area (Å²) >= 11 is 0. The lowest BCUT2D eigenvalue weighted by atomic mass is 10.2. The Balaban J connectivity index is 2.35. The van der Waals surface area contributed by atoms with Crippen LogP contribution in [0.3, 0.4) is 0 Å². The summed E-state index contributed by atoms with van der Waals surface area (Å²) in [5, 5.41) is 6.12. The van der Waals surface area contributed by atoms with Crippen molar-refractivity contribution >= 4 is 18.0 Å². The summed E-state index contributed by atoms with van der Waals surface area (Å²) < 4.78 is 12.6. The Bertz CT molecular complexity index is 483. The summed E-state index contributed by atoms with van der Waals surface area (Å²) in [6, 6.07) is 5.60. The molecule has 5 nitrogen and oxygen atoms in total. The molecule has 0 saturated carbocycles. The Morgan fingerprint density at radius 3 is 2.58 bits per heavy atom. The summed E-state index contributed by atoms with van der Waals surface area (Å²) in [4.78, 5) is 22.5. The number of halogens is 1. The molecule has 0 spiro atoms. The van der Waals surface area contributed by atoms with E-state index in [-0.39, 0.29) is 12.2 Å². The van der Waals surface area contributed by atoms with Crippen molar-refractivity contribution in [3.05, 3.63) is 48.3 Å². The van der Waals surface area contributed by atoms with Crippen LogP contribution in [-0.4, -0.2) is 24.6 Å². The topological polar surface area (TPSA) is 70.6 Å². The molecule has 2 N–H and O–H groups in total. The monoisotopic (exact) mass is 263 g/mol. The van der Waals surface area contributed by atoms with Crippen LogP contribution in [0.4, 0.5) is 4.39 Å². The maximum Gasteiger partial charge on any atom is 0.249 e. The van der Waals surface area contributed by atoms with Crippen molar-refractivity contribution in [2.45, 2.75) is 6.42 Å². The maximum absolute atomic E-state index is 12.6. The van der Waals surface area contributed by atoms with Crippen LogP contribution in [0.2, 0.25) is 0 Å². The highest BCUT2D eigenvalue weighted by Crippen LogP contribution is 1.99. The number of nitrogens with one attached hydrogen (secondary N) is 2. The van der Waals surface area contributed by atoms with Crippen molar-refractivity contribution in [2.24, 2.45) is 5.10 Å². The minimum Gasteiger partial charge on any atom is -0.352 e. The van der Waals surface area contributed by atoms with Crippen molar-refractivity contribution in [3.8, 4) is 0 Å². The maximum atomic E-state index is 12.6. The van der Waals surface area contributed by atoms with E-state index in [4.69, 9.17) is 0 Å². The number of nitrogens with zero attached hydrogens (tertiary/aromatic N) is 1. The normalized spacial score (nSPS) is 10.2. The fraction of sp³-hybridized carbons (Fsp3) is 0.154. The molecule has 19 heavy (non-hydrogen) atoms. The van der Waals surface area contributed by atoms with E-state index in [1.165, 1.54) is 36.6 Å². The van der Waals surface area contributed by atoms with Crippen LogP contribution in [0.25, 0.3) is 0 Å². The number of benzene rings is 1. The molecule has 2 amide bonds. The molecule has 100 valence electrons. The number of carbonyl (C=O) groups is 2. The summed E-state index contributed by atoms with van der Waals surface area (Å²) in [6.07, 6.45) is 2.57. The van der Waals surface area contributed by atoms with Gasteiger partial charge in [0.05, 0.1) is 6.21 Å². The number of hydrazone groups is 1. The highest BCUT2D eigenvalue weighted by Gasteiger charge is 2.06. The van der Waals surface area contributed by atoms with Crippen LogP contribution in [0.1, 0.15) is 12.0 Å². The van der Waals surface area contributed by atoms with Gasteiger partial charge in [-0.2, -0.15) is 5.10 Å². The number of hydrogen-bond donors (Lipinski definition) is 2. The van der Waals surface area contributed by atoms with Gasteiger partial charge in [0, 0.05) is 6.54 Å². The first-order valence-corrected chi connectivity index (χ1v) is 5.57. The Hall–Kier alpha value is -2.50. The first-order chi connectivity index (χ1) is 9.11. The molecule has 6 heteroatoms. The molecule has 0 fully saturated rings. The van der Waals surface area contributed by atoms with E-state index < -0.39 is 11.8 Å². The van der Waals surface area contributed by atoms with E-state index in [1.54, 1.807) is 0 Å². The van der Waals surface area contributed by atoms with E-state index in [0.717, 1.165) is 0 Å². The third-order valence-electron chi connectivity index (χ3n) is 2.04. The average molecular weight is 263 g/mol. The van der Waals surface area contributed by atoms with Crippen LogP contribution in [0.5, 0.6) is 0 Å². The number of amides is 2. The van der Waals surface area contributed by atoms with Gasteiger partial charge in [0.1, 0.15) is 12.2 Å². The third-order valence-corrected chi connectivity index (χ3v) is 2.04. The standard InChI is InChI=1S/C13H14FN3O2/c1-2-7-15-12(18)8-13(19)17-16-9-10-3-5-11(14)6-4-10/h2-6,9H,1,7-8H2,(H,15,18)(H,17,19). The molecular weight excluding hydrogens is 249 g/mol. The Morgan fingerprint density at radius 1 is 1.26 bits per heavy atom. The lowest BCUT2D eigenvalue weighted by Crippen LogP contribution is -2.29. The van der Waals surface area contributed by atoms with Crippen molar-refractivity contribution in [3.63, 3.8) is 0 Å². The van der Waals surface area contributed by atoms with Crippen molar-refractivity contribution < 1.29 is 14.0 Å². The highest BCUT2D eigenvalue weighted by molar-refractivity contribution is 5.97. The summed E-state index contributed by atoms with van der Waals surface area (Å²) in [5.74, 6) is -1.28. The molecular formula is C13H14FN3O2. The van der Waals surface area contributed by atoms with Gasteiger partial charge in [0.25, 0.3) is 0 Å². The van der Waals surface area contributed by atoms with Gasteiger partial charge in [-0.25, -0.2) is 9.82 Å². The number of rotatable bonds is 6. The molecule has 0 heterocycles. The molecule has 0 saturated heterocycles. The predicted molar refractivity (Wildman–Crippen MR) is 70.0 cm³/mol. The van der Waals surface area contributed by atoms with Crippen molar-refractivity contribution in [2.75, 3.05) is 6.54 Å². The zero-order valence-corrected chi connectivity index (χ0v) is 10.2. The van der Waals surface area contributed by atoms with Crippen LogP contribution in [0, 0.1) is 5.82 Å². The quantitative estimate of drug-likeness (QED) is 0.347. The zero-order valence-electron chi connectivity index (χ0n) is 10.2. The second-order valence-corrected chi connectivity index (χ2v) is 3.61. The van der Waals surface area contributed by atoms with Gasteiger partial charge >= 0.3 is 0 Å². The van der Waals surface area contributed by atoms with Gasteiger partial charge in [-0.3, -0.25) is 9.59 Å². The fourth-order valence-corrected chi connectivity index (χ4v) is 1.16. The second kappa shape index (κ2) is 7.75. The molecule has 0 bridgehead atoms. The molecule has 0 atom stereocenters. The average Bonchev–Trinajstić information content (AvgIpc) is 2.38. The molecule has 1 rings (SSSR count). The molecule has 0 aliphatic rings. The first kappa shape index (κ1) is 14.6. The minimum absolute atomic E-state index is 0.310. The summed E-state index contributed by atoms with van der Waals surface area (Å²) in [7, 11) is 0. The van der Waals surface area contributed by atoms with E-state index in [0.29, 0.717) is 12.1 Å². The minimum atomic E-state index is -0.528. The van der Waals surface area contributed by atoms with Crippen LogP contribution >= 0.6 is 0 Å². The van der Waals surface area contributed by atoms with Crippen LogP contribution in [0.15, 0.2) is 42.0 Å². The van der Waals surface area contributed by atoms with E-state index in [9.17, 15) is 14.0 Å². The van der Waals surface area contributed by atoms with Crippen LogP contribution in [-0.2, 0) is 9.59 Å². The summed E-state index contributed by atoms with van der Waals surface area (Å²) in [5.41, 5.74) is 2.84. The first-order valence-electron chi connectivity index (χ1n) is 5.57. The second-order valence-electron chi connectivity index (χ2n) is 3.61. The SMILES string of the molecule is C=CCNC(=O)CC(=O)NN=Cc1ccc(F)cc1. The fourth-order valence-electron chi connectivity index (χ4n) is 1.16. The smallest absolute Gasteiger partial charge is 0.249 e. The van der Waals surface area contributed by atoms with Crippen molar-refractivity contribution in [1.29, 1.82) is 0 Å². The molecule has 0 aliphatic heterocycles. The van der Waals surface area contributed by atoms with Gasteiger partial charge in [-0.1, -0.05) is 18.2 Å². The Kier molecular flexibility index (Phi) is 5.94. The number of hydrogen-bond acceptors (Lipinski definition) is 3.